The molecule has 1 aliphatic heterocycles. The number of benzene rings is 2. The Bertz CT molecular complexity index is 1230. The highest BCUT2D eigenvalue weighted by Gasteiger charge is 2.50. The standard InChI is InChI=1S/C26H29N3O4/c1-26(25(31)27-18-9-5-6-10-18)16-28-20-11-7-4-8-17(20)14-22(28)24(30)29(26)21-13-12-19(32-2)15-23(21)33-3/h4,7-8,11-15,18H,5-6,9-10,16H2,1-3H3,(H,27,31)/t26-/m1/s1. The maximum Gasteiger partial charge on any atom is 0.276 e. The normalized spacial score (nSPS) is 20.7. The molecular weight excluding hydrogens is 418 g/mol. The van der Waals surface area contributed by atoms with E-state index in [4.69, 9.17) is 9.47 Å². The van der Waals surface area contributed by atoms with Gasteiger partial charge in [-0.3, -0.25) is 14.5 Å². The summed E-state index contributed by atoms with van der Waals surface area (Å²) in [4.78, 5) is 29.4. The molecule has 7 nitrogen and oxygen atoms in total. The number of fused-ring (bicyclic) bond motifs is 3. The van der Waals surface area contributed by atoms with Crippen molar-refractivity contribution in [3.8, 4) is 11.5 Å². The third-order valence-electron chi connectivity index (χ3n) is 7.00. The topological polar surface area (TPSA) is 72.8 Å². The Morgan fingerprint density at radius 1 is 1.06 bits per heavy atom. The van der Waals surface area contributed by atoms with Crippen LogP contribution in [0, 0.1) is 0 Å². The minimum Gasteiger partial charge on any atom is -0.497 e. The van der Waals surface area contributed by atoms with Crippen LogP contribution in [0.25, 0.3) is 10.9 Å². The zero-order chi connectivity index (χ0) is 23.2. The largest absolute Gasteiger partial charge is 0.497 e. The Kier molecular flexibility index (Phi) is 5.27. The Morgan fingerprint density at radius 3 is 2.55 bits per heavy atom. The van der Waals surface area contributed by atoms with E-state index in [1.807, 2.05) is 41.8 Å². The summed E-state index contributed by atoms with van der Waals surface area (Å²) in [5, 5.41) is 4.20. The molecule has 5 rings (SSSR count). The Hall–Kier alpha value is -3.48. The van der Waals surface area contributed by atoms with Crippen molar-refractivity contribution in [2.24, 2.45) is 0 Å². The van der Waals surface area contributed by atoms with Crippen LogP contribution in [0.15, 0.2) is 48.5 Å². The molecule has 2 aromatic carbocycles. The van der Waals surface area contributed by atoms with Gasteiger partial charge in [0.2, 0.25) is 5.91 Å². The monoisotopic (exact) mass is 447 g/mol. The lowest BCUT2D eigenvalue weighted by Crippen LogP contribution is -2.65. The third kappa shape index (κ3) is 3.43. The minimum absolute atomic E-state index is 0.145. The van der Waals surface area contributed by atoms with E-state index in [2.05, 4.69) is 5.32 Å². The van der Waals surface area contributed by atoms with E-state index in [-0.39, 0.29) is 17.9 Å². The Morgan fingerprint density at radius 2 is 1.82 bits per heavy atom. The van der Waals surface area contributed by atoms with Crippen LogP contribution in [0.5, 0.6) is 11.5 Å². The number of anilines is 1. The van der Waals surface area contributed by atoms with Crippen molar-refractivity contribution >= 4 is 28.4 Å². The summed E-state index contributed by atoms with van der Waals surface area (Å²) in [6, 6.07) is 15.2. The third-order valence-corrected chi connectivity index (χ3v) is 7.00. The fourth-order valence-electron chi connectivity index (χ4n) is 5.20. The van der Waals surface area contributed by atoms with Crippen molar-refractivity contribution in [2.75, 3.05) is 19.1 Å². The first-order valence-corrected chi connectivity index (χ1v) is 11.4. The summed E-state index contributed by atoms with van der Waals surface area (Å²) in [6.45, 7) is 2.19. The molecule has 0 radical (unpaired) electrons. The molecule has 2 heterocycles. The van der Waals surface area contributed by atoms with Crippen molar-refractivity contribution in [2.45, 2.75) is 50.7 Å². The van der Waals surface area contributed by atoms with Gasteiger partial charge in [0.05, 0.1) is 26.5 Å². The van der Waals surface area contributed by atoms with Crippen LogP contribution >= 0.6 is 0 Å². The number of carbonyl (C=O) groups is 2. The molecule has 0 unspecified atom stereocenters. The molecule has 3 aromatic rings. The van der Waals surface area contributed by atoms with Crippen LogP contribution < -0.4 is 19.7 Å². The molecule has 0 spiro atoms. The lowest BCUT2D eigenvalue weighted by atomic mass is 9.93. The van der Waals surface area contributed by atoms with Crippen LogP contribution in [0.1, 0.15) is 43.1 Å². The Labute approximate surface area is 193 Å². The second-order valence-electron chi connectivity index (χ2n) is 9.08. The average Bonchev–Trinajstić information content (AvgIpc) is 3.47. The summed E-state index contributed by atoms with van der Waals surface area (Å²) in [6.07, 6.45) is 4.17. The molecule has 1 fully saturated rings. The number of aromatic nitrogens is 1. The summed E-state index contributed by atoms with van der Waals surface area (Å²) in [7, 11) is 3.14. The Balaban J connectivity index is 1.67. The number of nitrogens with one attached hydrogen (secondary N) is 1. The molecule has 7 heteroatoms. The number of hydrogen-bond donors (Lipinski definition) is 1. The number of methoxy groups -OCH3 is 2. The van der Waals surface area contributed by atoms with Gasteiger partial charge in [-0.05, 0) is 44.0 Å². The predicted octanol–water partition coefficient (Wildman–Crippen LogP) is 4.14. The number of rotatable bonds is 5. The lowest BCUT2D eigenvalue weighted by molar-refractivity contribution is -0.127. The van der Waals surface area contributed by atoms with Gasteiger partial charge in [0.15, 0.2) is 0 Å². The quantitative estimate of drug-likeness (QED) is 0.638. The maximum atomic E-state index is 14.0. The maximum absolute atomic E-state index is 14.0. The number of nitrogens with zero attached hydrogens (tertiary/aromatic N) is 2. The van der Waals surface area contributed by atoms with Gasteiger partial charge in [-0.2, -0.15) is 0 Å². The highest BCUT2D eigenvalue weighted by molar-refractivity contribution is 6.14. The molecule has 1 atom stereocenters. The van der Waals surface area contributed by atoms with Crippen LogP contribution in [-0.4, -0.2) is 42.2 Å². The lowest BCUT2D eigenvalue weighted by Gasteiger charge is -2.44. The highest BCUT2D eigenvalue weighted by Crippen LogP contribution is 2.41. The molecule has 172 valence electrons. The molecule has 33 heavy (non-hydrogen) atoms. The zero-order valence-corrected chi connectivity index (χ0v) is 19.3. The van der Waals surface area contributed by atoms with E-state index >= 15 is 0 Å². The fraction of sp³-hybridized carbons (Fsp3) is 0.385. The molecule has 1 N–H and O–H groups in total. The highest BCUT2D eigenvalue weighted by atomic mass is 16.5. The second kappa shape index (κ2) is 8.14. The van der Waals surface area contributed by atoms with Crippen molar-refractivity contribution < 1.29 is 19.1 Å². The van der Waals surface area contributed by atoms with Gasteiger partial charge in [-0.15, -0.1) is 0 Å². The van der Waals surface area contributed by atoms with E-state index in [1.165, 1.54) is 0 Å². The first-order valence-electron chi connectivity index (χ1n) is 11.4. The number of para-hydroxylation sites is 1. The zero-order valence-electron chi connectivity index (χ0n) is 19.3. The SMILES string of the molecule is COc1ccc(N2C(=O)c3cc4ccccc4n3C[C@]2(C)C(=O)NC2CCCC2)c(OC)c1. The summed E-state index contributed by atoms with van der Waals surface area (Å²) < 4.78 is 12.9. The van der Waals surface area contributed by atoms with Gasteiger partial charge in [0.25, 0.3) is 5.91 Å². The van der Waals surface area contributed by atoms with E-state index in [0.717, 1.165) is 36.6 Å². The van der Waals surface area contributed by atoms with Crippen molar-refractivity contribution in [3.63, 3.8) is 0 Å². The molecule has 1 aromatic heterocycles. The van der Waals surface area contributed by atoms with Gasteiger partial charge in [-0.25, -0.2) is 0 Å². The van der Waals surface area contributed by atoms with E-state index in [0.29, 0.717) is 29.4 Å². The van der Waals surface area contributed by atoms with Crippen LogP contribution in [0.2, 0.25) is 0 Å². The number of ether oxygens (including phenoxy) is 2. The average molecular weight is 448 g/mol. The number of amides is 2. The van der Waals surface area contributed by atoms with Crippen LogP contribution in [-0.2, 0) is 11.3 Å². The minimum atomic E-state index is -1.14. The summed E-state index contributed by atoms with van der Waals surface area (Å²) >= 11 is 0. The number of hydrogen-bond acceptors (Lipinski definition) is 4. The second-order valence-corrected chi connectivity index (χ2v) is 9.08. The van der Waals surface area contributed by atoms with E-state index in [9.17, 15) is 9.59 Å². The van der Waals surface area contributed by atoms with Gasteiger partial charge in [-0.1, -0.05) is 31.0 Å². The molecule has 2 aliphatic rings. The van der Waals surface area contributed by atoms with Crippen molar-refractivity contribution in [3.05, 3.63) is 54.2 Å². The fourth-order valence-corrected chi connectivity index (χ4v) is 5.20. The molecule has 0 bridgehead atoms. The molecule has 0 saturated heterocycles. The smallest absolute Gasteiger partial charge is 0.276 e. The molecule has 1 aliphatic carbocycles. The summed E-state index contributed by atoms with van der Waals surface area (Å²) in [5.74, 6) is 0.715. The predicted molar refractivity (Wildman–Crippen MR) is 127 cm³/mol. The van der Waals surface area contributed by atoms with Gasteiger partial charge in [0.1, 0.15) is 22.7 Å². The van der Waals surface area contributed by atoms with Crippen molar-refractivity contribution in [1.82, 2.24) is 9.88 Å². The van der Waals surface area contributed by atoms with Gasteiger partial charge in [0, 0.05) is 23.0 Å². The van der Waals surface area contributed by atoms with Gasteiger partial charge < -0.3 is 19.4 Å². The van der Waals surface area contributed by atoms with E-state index in [1.54, 1.807) is 37.3 Å². The number of carbonyl (C=O) groups excluding carboxylic acids is 2. The first-order chi connectivity index (χ1) is 16.0. The van der Waals surface area contributed by atoms with E-state index < -0.39 is 5.54 Å². The van der Waals surface area contributed by atoms with Crippen molar-refractivity contribution in [1.29, 1.82) is 0 Å². The molecule has 2 amide bonds. The van der Waals surface area contributed by atoms with Gasteiger partial charge >= 0.3 is 0 Å². The van der Waals surface area contributed by atoms with Crippen LogP contribution in [0.4, 0.5) is 5.69 Å². The first kappa shape index (κ1) is 21.4. The molecule has 1 saturated carbocycles. The van der Waals surface area contributed by atoms with Crippen LogP contribution in [0.3, 0.4) is 0 Å². The summed E-state index contributed by atoms with van der Waals surface area (Å²) in [5.41, 5.74) is 0.905. The molecular formula is C26H29N3O4.